The van der Waals surface area contributed by atoms with Crippen LogP contribution in [-0.4, -0.2) is 27.9 Å². The van der Waals surface area contributed by atoms with Crippen LogP contribution in [0.5, 0.6) is 0 Å². The fourth-order valence-electron chi connectivity index (χ4n) is 6.25. The van der Waals surface area contributed by atoms with Crippen LogP contribution in [0.3, 0.4) is 0 Å². The molecule has 6 nitrogen and oxygen atoms in total. The number of carboxylic acid groups (broad SMARTS) is 1. The summed E-state index contributed by atoms with van der Waals surface area (Å²) in [5.41, 5.74) is 3.75. The van der Waals surface area contributed by atoms with Gasteiger partial charge in [0.1, 0.15) is 0 Å². The molecule has 1 saturated carbocycles. The maximum Gasteiger partial charge on any atom is 0.335 e. The highest BCUT2D eigenvalue weighted by atomic mass is 16.4. The van der Waals surface area contributed by atoms with E-state index in [9.17, 15) is 19.5 Å². The summed E-state index contributed by atoms with van der Waals surface area (Å²) in [4.78, 5) is 43.3. The van der Waals surface area contributed by atoms with Crippen molar-refractivity contribution >= 4 is 23.5 Å². The molecule has 1 aromatic heterocycles. The minimum Gasteiger partial charge on any atom is -0.478 e. The lowest BCUT2D eigenvalue weighted by Gasteiger charge is -2.44. The van der Waals surface area contributed by atoms with Gasteiger partial charge in [-0.3, -0.25) is 9.59 Å². The fraction of sp³-hybridized carbons (Fsp3) is 0.480. The number of hydrogen-bond donors (Lipinski definition) is 2. The lowest BCUT2D eigenvalue weighted by Crippen LogP contribution is -2.40. The lowest BCUT2D eigenvalue weighted by atomic mass is 9.58. The number of anilines is 1. The molecule has 1 unspecified atom stereocenters. The molecule has 2 amide bonds. The fourth-order valence-corrected chi connectivity index (χ4v) is 6.25. The SMILES string of the molecule is Cc1cc2c([nH]1)[C@@H]1CCC(C(C)C)C[C@@H]1[C@@H]1C(=O)N(c3ccc(C(=O)O)cc3)C(=O)[C@H]21. The average molecular weight is 421 g/mol. The van der Waals surface area contributed by atoms with E-state index in [1.54, 1.807) is 12.1 Å². The first-order chi connectivity index (χ1) is 14.8. The van der Waals surface area contributed by atoms with Gasteiger partial charge in [0.2, 0.25) is 11.8 Å². The molecule has 2 heterocycles. The Hall–Kier alpha value is -2.89. The van der Waals surface area contributed by atoms with Crippen LogP contribution in [0.1, 0.15) is 72.3 Å². The van der Waals surface area contributed by atoms with E-state index in [-0.39, 0.29) is 35.1 Å². The monoisotopic (exact) mass is 420 g/mol. The number of aromatic nitrogens is 1. The molecule has 31 heavy (non-hydrogen) atoms. The van der Waals surface area contributed by atoms with Crippen molar-refractivity contribution in [2.75, 3.05) is 4.90 Å². The number of imide groups is 1. The molecule has 0 radical (unpaired) electrons. The van der Waals surface area contributed by atoms with Gasteiger partial charge in [-0.05, 0) is 79.8 Å². The van der Waals surface area contributed by atoms with Gasteiger partial charge in [-0.15, -0.1) is 0 Å². The Labute approximate surface area is 181 Å². The van der Waals surface area contributed by atoms with Crippen molar-refractivity contribution in [2.45, 2.75) is 51.9 Å². The first-order valence-corrected chi connectivity index (χ1v) is 11.2. The summed E-state index contributed by atoms with van der Waals surface area (Å²) in [5.74, 6) is -0.617. The number of carboxylic acids is 1. The van der Waals surface area contributed by atoms with Crippen molar-refractivity contribution < 1.29 is 19.5 Å². The predicted octanol–water partition coefficient (Wildman–Crippen LogP) is 4.46. The number of aryl methyl sites for hydroxylation is 1. The zero-order chi connectivity index (χ0) is 22.0. The van der Waals surface area contributed by atoms with Crippen molar-refractivity contribution in [3.05, 3.63) is 52.8 Å². The number of carbonyl (C=O) groups is 3. The molecule has 1 saturated heterocycles. The normalized spacial score (nSPS) is 29.7. The topological polar surface area (TPSA) is 90.5 Å². The Morgan fingerprint density at radius 1 is 1.13 bits per heavy atom. The average Bonchev–Trinajstić information content (AvgIpc) is 3.25. The first-order valence-electron chi connectivity index (χ1n) is 11.2. The van der Waals surface area contributed by atoms with Crippen LogP contribution >= 0.6 is 0 Å². The highest BCUT2D eigenvalue weighted by molar-refractivity contribution is 6.24. The van der Waals surface area contributed by atoms with Crippen molar-refractivity contribution in [2.24, 2.45) is 23.7 Å². The van der Waals surface area contributed by atoms with Gasteiger partial charge in [0.25, 0.3) is 0 Å². The van der Waals surface area contributed by atoms with Gasteiger partial charge in [-0.1, -0.05) is 13.8 Å². The zero-order valence-electron chi connectivity index (χ0n) is 18.1. The standard InChI is InChI=1S/C25H28N2O4/c1-12(2)15-6-9-17-18(11-15)20-21(19-10-13(3)26-22(17)19)24(29)27(23(20)28)16-7-4-14(5-8-16)25(30)31/h4-5,7-8,10,12,15,17-18,20-21,26H,6,9,11H2,1-3H3,(H,30,31)/t15?,17-,18+,20+,21-/m1/s1. The van der Waals surface area contributed by atoms with E-state index < -0.39 is 11.9 Å². The molecule has 2 N–H and O–H groups in total. The molecule has 2 aromatic rings. The number of H-pyrrole nitrogens is 1. The molecule has 6 heteroatoms. The van der Waals surface area contributed by atoms with E-state index in [1.807, 2.05) is 13.0 Å². The quantitative estimate of drug-likeness (QED) is 0.717. The van der Waals surface area contributed by atoms with Gasteiger partial charge in [0, 0.05) is 17.3 Å². The number of nitrogens with one attached hydrogen (secondary N) is 1. The largest absolute Gasteiger partial charge is 0.478 e. The van der Waals surface area contributed by atoms with E-state index >= 15 is 0 Å². The number of aromatic amines is 1. The van der Waals surface area contributed by atoms with Gasteiger partial charge in [-0.2, -0.15) is 0 Å². The van der Waals surface area contributed by atoms with Crippen molar-refractivity contribution in [3.8, 4) is 0 Å². The Kier molecular flexibility index (Phi) is 4.57. The molecular formula is C25H28N2O4. The van der Waals surface area contributed by atoms with Crippen LogP contribution in [0.25, 0.3) is 0 Å². The summed E-state index contributed by atoms with van der Waals surface area (Å²) in [6.45, 7) is 6.49. The number of amides is 2. The molecular weight excluding hydrogens is 392 g/mol. The first kappa shape index (κ1) is 20.0. The minimum atomic E-state index is -1.03. The Morgan fingerprint density at radius 2 is 1.84 bits per heavy atom. The molecule has 5 atom stereocenters. The summed E-state index contributed by atoms with van der Waals surface area (Å²) in [5, 5.41) is 9.17. The number of hydrogen-bond acceptors (Lipinski definition) is 3. The molecule has 3 aliphatic rings. The van der Waals surface area contributed by atoms with Gasteiger partial charge < -0.3 is 10.1 Å². The van der Waals surface area contributed by atoms with Crippen LogP contribution in [-0.2, 0) is 9.59 Å². The van der Waals surface area contributed by atoms with Crippen LogP contribution in [0.2, 0.25) is 0 Å². The number of benzene rings is 1. The van der Waals surface area contributed by atoms with Crippen LogP contribution < -0.4 is 4.90 Å². The van der Waals surface area contributed by atoms with Crippen molar-refractivity contribution in [1.82, 2.24) is 4.98 Å². The number of carbonyl (C=O) groups excluding carboxylic acids is 2. The third-order valence-corrected chi connectivity index (χ3v) is 7.79. The second-order valence-electron chi connectivity index (χ2n) is 9.78. The second-order valence-corrected chi connectivity index (χ2v) is 9.78. The molecule has 1 aliphatic heterocycles. The Morgan fingerprint density at radius 3 is 2.48 bits per heavy atom. The highest BCUT2D eigenvalue weighted by Crippen LogP contribution is 2.57. The van der Waals surface area contributed by atoms with Crippen LogP contribution in [0.15, 0.2) is 30.3 Å². The molecule has 0 bridgehead atoms. The van der Waals surface area contributed by atoms with Crippen molar-refractivity contribution in [1.29, 1.82) is 0 Å². The summed E-state index contributed by atoms with van der Waals surface area (Å²) < 4.78 is 0. The van der Waals surface area contributed by atoms with E-state index in [1.165, 1.54) is 17.0 Å². The summed E-state index contributed by atoms with van der Waals surface area (Å²) in [6, 6.07) is 8.07. The molecule has 1 aromatic carbocycles. The third-order valence-electron chi connectivity index (χ3n) is 7.79. The number of nitrogens with zero attached hydrogens (tertiary/aromatic N) is 1. The van der Waals surface area contributed by atoms with Gasteiger partial charge in [-0.25, -0.2) is 9.69 Å². The number of rotatable bonds is 3. The molecule has 2 aliphatic carbocycles. The Bertz CT molecular complexity index is 1070. The van der Waals surface area contributed by atoms with Gasteiger partial charge in [0.05, 0.1) is 23.1 Å². The van der Waals surface area contributed by atoms with Gasteiger partial charge >= 0.3 is 5.97 Å². The van der Waals surface area contributed by atoms with E-state index in [0.29, 0.717) is 17.5 Å². The third kappa shape index (κ3) is 2.95. The number of fused-ring (bicyclic) bond motifs is 6. The van der Waals surface area contributed by atoms with Gasteiger partial charge in [0.15, 0.2) is 0 Å². The van der Waals surface area contributed by atoms with E-state index in [2.05, 4.69) is 18.8 Å². The van der Waals surface area contributed by atoms with E-state index in [0.717, 1.165) is 36.2 Å². The van der Waals surface area contributed by atoms with E-state index in [4.69, 9.17) is 0 Å². The summed E-state index contributed by atoms with van der Waals surface area (Å²) in [6.07, 6.45) is 3.15. The predicted molar refractivity (Wildman–Crippen MR) is 116 cm³/mol. The summed E-state index contributed by atoms with van der Waals surface area (Å²) in [7, 11) is 0. The molecule has 2 fully saturated rings. The second kappa shape index (κ2) is 7.08. The minimum absolute atomic E-state index is 0.135. The molecule has 5 rings (SSSR count). The van der Waals surface area contributed by atoms with Crippen LogP contribution in [0.4, 0.5) is 5.69 Å². The molecule has 162 valence electrons. The maximum absolute atomic E-state index is 13.7. The highest BCUT2D eigenvalue weighted by Gasteiger charge is 2.58. The maximum atomic E-state index is 13.7. The smallest absolute Gasteiger partial charge is 0.335 e. The zero-order valence-corrected chi connectivity index (χ0v) is 18.1. The molecule has 0 spiro atoms. The summed E-state index contributed by atoms with van der Waals surface area (Å²) >= 11 is 0. The van der Waals surface area contributed by atoms with Crippen LogP contribution in [0, 0.1) is 30.6 Å². The number of aromatic carboxylic acids is 1. The van der Waals surface area contributed by atoms with Crippen molar-refractivity contribution in [3.63, 3.8) is 0 Å². The Balaban J connectivity index is 1.58. The lowest BCUT2D eigenvalue weighted by molar-refractivity contribution is -0.123.